The first-order valence-electron chi connectivity index (χ1n) is 6.44. The SMILES string of the molecule is Cc1cccc(CN(C)c2c(N)cccc2C(N)=O)c1. The number of hydrogen-bond donors (Lipinski definition) is 2. The van der Waals surface area contributed by atoms with Crippen LogP contribution in [0, 0.1) is 6.92 Å². The fourth-order valence-corrected chi connectivity index (χ4v) is 2.35. The van der Waals surface area contributed by atoms with Crippen molar-refractivity contribution in [2.24, 2.45) is 5.73 Å². The molecule has 1 amide bonds. The van der Waals surface area contributed by atoms with Gasteiger partial charge in [-0.05, 0) is 24.6 Å². The normalized spacial score (nSPS) is 10.3. The van der Waals surface area contributed by atoms with Gasteiger partial charge < -0.3 is 16.4 Å². The zero-order valence-corrected chi connectivity index (χ0v) is 11.8. The number of nitrogens with zero attached hydrogens (tertiary/aromatic N) is 1. The van der Waals surface area contributed by atoms with Crippen LogP contribution in [0.15, 0.2) is 42.5 Å². The minimum Gasteiger partial charge on any atom is -0.397 e. The van der Waals surface area contributed by atoms with E-state index in [1.54, 1.807) is 18.2 Å². The second kappa shape index (κ2) is 5.65. The molecular formula is C16H19N3O. The molecule has 4 heteroatoms. The number of nitrogens with two attached hydrogens (primary N) is 2. The predicted octanol–water partition coefficient (Wildman–Crippen LogP) is 2.31. The van der Waals surface area contributed by atoms with Crippen molar-refractivity contribution in [3.63, 3.8) is 0 Å². The van der Waals surface area contributed by atoms with Crippen LogP contribution in [0.25, 0.3) is 0 Å². The third-order valence-corrected chi connectivity index (χ3v) is 3.22. The molecule has 0 aliphatic carbocycles. The molecule has 0 saturated heterocycles. The van der Waals surface area contributed by atoms with Gasteiger partial charge in [0.1, 0.15) is 0 Å². The van der Waals surface area contributed by atoms with Gasteiger partial charge >= 0.3 is 0 Å². The molecule has 2 aromatic rings. The quantitative estimate of drug-likeness (QED) is 0.837. The van der Waals surface area contributed by atoms with Crippen LogP contribution in [0.4, 0.5) is 11.4 Å². The summed E-state index contributed by atoms with van der Waals surface area (Å²) in [4.78, 5) is 13.5. The Balaban J connectivity index is 2.34. The molecule has 0 bridgehead atoms. The van der Waals surface area contributed by atoms with E-state index in [4.69, 9.17) is 11.5 Å². The van der Waals surface area contributed by atoms with Crippen LogP contribution < -0.4 is 16.4 Å². The largest absolute Gasteiger partial charge is 0.397 e. The third kappa shape index (κ3) is 2.91. The van der Waals surface area contributed by atoms with E-state index in [1.165, 1.54) is 5.56 Å². The highest BCUT2D eigenvalue weighted by Crippen LogP contribution is 2.28. The molecular weight excluding hydrogens is 250 g/mol. The molecule has 2 aromatic carbocycles. The van der Waals surface area contributed by atoms with E-state index in [9.17, 15) is 4.79 Å². The Morgan fingerprint density at radius 1 is 1.20 bits per heavy atom. The zero-order valence-electron chi connectivity index (χ0n) is 11.8. The van der Waals surface area contributed by atoms with E-state index >= 15 is 0 Å². The van der Waals surface area contributed by atoms with Gasteiger partial charge in [0.05, 0.1) is 16.9 Å². The van der Waals surface area contributed by atoms with Crippen molar-refractivity contribution in [1.82, 2.24) is 0 Å². The molecule has 0 unspecified atom stereocenters. The Kier molecular flexibility index (Phi) is 3.94. The number of hydrogen-bond acceptors (Lipinski definition) is 3. The average Bonchev–Trinajstić information content (AvgIpc) is 2.38. The molecule has 0 fully saturated rings. The van der Waals surface area contributed by atoms with E-state index in [1.807, 2.05) is 24.1 Å². The van der Waals surface area contributed by atoms with Gasteiger partial charge in [-0.3, -0.25) is 4.79 Å². The molecule has 20 heavy (non-hydrogen) atoms. The molecule has 0 aromatic heterocycles. The molecule has 0 spiro atoms. The number of carbonyl (C=O) groups is 1. The van der Waals surface area contributed by atoms with Crippen LogP contribution in [0.3, 0.4) is 0 Å². The second-order valence-corrected chi connectivity index (χ2v) is 4.95. The standard InChI is InChI=1S/C16H19N3O/c1-11-5-3-6-12(9-11)10-19(2)15-13(16(18)20)7-4-8-14(15)17/h3-9H,10,17H2,1-2H3,(H2,18,20). The van der Waals surface area contributed by atoms with Crippen molar-refractivity contribution in [2.75, 3.05) is 17.7 Å². The van der Waals surface area contributed by atoms with Crippen LogP contribution in [0.5, 0.6) is 0 Å². The molecule has 4 N–H and O–H groups in total. The molecule has 104 valence electrons. The highest BCUT2D eigenvalue weighted by atomic mass is 16.1. The lowest BCUT2D eigenvalue weighted by Crippen LogP contribution is -2.23. The van der Waals surface area contributed by atoms with Gasteiger partial charge in [0, 0.05) is 13.6 Å². The second-order valence-electron chi connectivity index (χ2n) is 4.95. The fraction of sp³-hybridized carbons (Fsp3) is 0.188. The Morgan fingerprint density at radius 2 is 1.90 bits per heavy atom. The molecule has 0 aliphatic rings. The minimum absolute atomic E-state index is 0.445. The Morgan fingerprint density at radius 3 is 2.55 bits per heavy atom. The maximum atomic E-state index is 11.5. The van der Waals surface area contributed by atoms with E-state index < -0.39 is 5.91 Å². The highest BCUT2D eigenvalue weighted by Gasteiger charge is 2.15. The van der Waals surface area contributed by atoms with E-state index in [0.717, 1.165) is 5.56 Å². The predicted molar refractivity (Wildman–Crippen MR) is 82.7 cm³/mol. The lowest BCUT2D eigenvalue weighted by atomic mass is 10.1. The van der Waals surface area contributed by atoms with Gasteiger partial charge in [0.15, 0.2) is 0 Å². The van der Waals surface area contributed by atoms with Crippen LogP contribution in [0.1, 0.15) is 21.5 Å². The Hall–Kier alpha value is -2.49. The smallest absolute Gasteiger partial charge is 0.250 e. The first-order chi connectivity index (χ1) is 9.49. The molecule has 0 saturated carbocycles. The summed E-state index contributed by atoms with van der Waals surface area (Å²) in [5.41, 5.74) is 15.5. The molecule has 0 atom stereocenters. The van der Waals surface area contributed by atoms with Gasteiger partial charge in [0.25, 0.3) is 5.91 Å². The Labute approximate surface area is 119 Å². The number of nitrogen functional groups attached to an aromatic ring is 1. The van der Waals surface area contributed by atoms with Crippen molar-refractivity contribution in [3.05, 3.63) is 59.2 Å². The number of aryl methyl sites for hydroxylation is 1. The maximum Gasteiger partial charge on any atom is 0.250 e. The van der Waals surface area contributed by atoms with E-state index in [-0.39, 0.29) is 0 Å². The summed E-state index contributed by atoms with van der Waals surface area (Å²) < 4.78 is 0. The maximum absolute atomic E-state index is 11.5. The monoisotopic (exact) mass is 269 g/mol. The molecule has 2 rings (SSSR count). The summed E-state index contributed by atoms with van der Waals surface area (Å²) in [5.74, 6) is -0.469. The number of primary amides is 1. The molecule has 0 aliphatic heterocycles. The summed E-state index contributed by atoms with van der Waals surface area (Å²) in [6.07, 6.45) is 0. The third-order valence-electron chi connectivity index (χ3n) is 3.22. The molecule has 0 heterocycles. The van der Waals surface area contributed by atoms with Crippen molar-refractivity contribution < 1.29 is 4.79 Å². The first-order valence-corrected chi connectivity index (χ1v) is 6.44. The number of anilines is 2. The average molecular weight is 269 g/mol. The van der Waals surface area contributed by atoms with Crippen molar-refractivity contribution in [3.8, 4) is 0 Å². The number of carbonyl (C=O) groups excluding carboxylic acids is 1. The van der Waals surface area contributed by atoms with Crippen molar-refractivity contribution >= 4 is 17.3 Å². The number of para-hydroxylation sites is 1. The first kappa shape index (κ1) is 13.9. The lowest BCUT2D eigenvalue weighted by Gasteiger charge is -2.23. The fourth-order valence-electron chi connectivity index (χ4n) is 2.35. The zero-order chi connectivity index (χ0) is 14.7. The van der Waals surface area contributed by atoms with Crippen LogP contribution in [0.2, 0.25) is 0 Å². The topological polar surface area (TPSA) is 72.3 Å². The van der Waals surface area contributed by atoms with Gasteiger partial charge in [-0.2, -0.15) is 0 Å². The summed E-state index contributed by atoms with van der Waals surface area (Å²) in [6, 6.07) is 13.4. The van der Waals surface area contributed by atoms with Crippen LogP contribution >= 0.6 is 0 Å². The summed E-state index contributed by atoms with van der Waals surface area (Å²) in [5, 5.41) is 0. The minimum atomic E-state index is -0.469. The van der Waals surface area contributed by atoms with Gasteiger partial charge in [0.2, 0.25) is 0 Å². The van der Waals surface area contributed by atoms with Crippen molar-refractivity contribution in [2.45, 2.75) is 13.5 Å². The van der Waals surface area contributed by atoms with Gasteiger partial charge in [-0.25, -0.2) is 0 Å². The Bertz CT molecular complexity index is 637. The highest BCUT2D eigenvalue weighted by molar-refractivity contribution is 6.01. The van der Waals surface area contributed by atoms with Crippen LogP contribution in [-0.2, 0) is 6.54 Å². The van der Waals surface area contributed by atoms with Crippen LogP contribution in [-0.4, -0.2) is 13.0 Å². The number of amides is 1. The summed E-state index contributed by atoms with van der Waals surface area (Å²) >= 11 is 0. The number of rotatable bonds is 4. The van der Waals surface area contributed by atoms with Crippen molar-refractivity contribution in [1.29, 1.82) is 0 Å². The molecule has 0 radical (unpaired) electrons. The summed E-state index contributed by atoms with van der Waals surface area (Å²) in [6.45, 7) is 2.71. The van der Waals surface area contributed by atoms with E-state index in [0.29, 0.717) is 23.5 Å². The van der Waals surface area contributed by atoms with Gasteiger partial charge in [-0.1, -0.05) is 35.9 Å². The van der Waals surface area contributed by atoms with Gasteiger partial charge in [-0.15, -0.1) is 0 Å². The number of benzene rings is 2. The van der Waals surface area contributed by atoms with E-state index in [2.05, 4.69) is 19.1 Å². The lowest BCUT2D eigenvalue weighted by molar-refractivity contribution is 0.100. The molecule has 4 nitrogen and oxygen atoms in total. The summed E-state index contributed by atoms with van der Waals surface area (Å²) in [7, 11) is 1.90.